The molecular formula is C32H50N4O6S2. The Morgan fingerprint density at radius 1 is 0.773 bits per heavy atom. The summed E-state index contributed by atoms with van der Waals surface area (Å²) in [5.74, 6) is 0. The average molecular weight is 651 g/mol. The topological polar surface area (TPSA) is 139 Å². The maximum absolute atomic E-state index is 10.3. The number of hydrogen-bond donors (Lipinski definition) is 4. The fourth-order valence-corrected chi connectivity index (χ4v) is 7.30. The van der Waals surface area contributed by atoms with Gasteiger partial charge in [-0.25, -0.2) is 0 Å². The molecule has 0 spiro atoms. The molecule has 1 heterocycles. The van der Waals surface area contributed by atoms with Gasteiger partial charge < -0.3 is 9.80 Å². The Kier molecular flexibility index (Phi) is 14.3. The second-order valence-corrected chi connectivity index (χ2v) is 14.5. The molecule has 3 aliphatic rings. The van der Waals surface area contributed by atoms with Crippen molar-refractivity contribution in [2.24, 2.45) is 0 Å². The smallest absolute Gasteiger partial charge is 0.333 e. The first-order valence-corrected chi connectivity index (χ1v) is 18.4. The molecule has 0 aromatic heterocycles. The van der Waals surface area contributed by atoms with E-state index >= 15 is 0 Å². The van der Waals surface area contributed by atoms with Gasteiger partial charge >= 0.3 is 20.6 Å². The number of benzene rings is 2. The van der Waals surface area contributed by atoms with E-state index in [4.69, 9.17) is 9.11 Å². The summed E-state index contributed by atoms with van der Waals surface area (Å²) in [6, 6.07) is 17.4. The van der Waals surface area contributed by atoms with E-state index in [9.17, 15) is 16.8 Å². The van der Waals surface area contributed by atoms with E-state index in [1.807, 2.05) is 0 Å². The standard InChI is InChI=1S/C20H24N2.2C6H13NO3S/c1-21(2)14-8-12-18-17-10-5-4-9-16(17)15-22(3)20-13-7-6-11-19(18)20;2*8-11(9,10)7-6-4-2-1-3-5-6/h4-7,9-13H,8,14-15H2,1-3H3;2*6-7H,1-5H2,(H,8,9,10). The SMILES string of the molecule is CN(C)CCC=C1c2ccccc2CN(C)c2ccccc21.O=S(=O)(O)NC1CCCCC1.O=S(=O)(O)NC1CCCCC1. The maximum Gasteiger partial charge on any atom is 0.333 e. The van der Waals surface area contributed by atoms with Crippen molar-refractivity contribution >= 4 is 31.9 Å². The highest BCUT2D eigenvalue weighted by molar-refractivity contribution is 7.84. The summed E-state index contributed by atoms with van der Waals surface area (Å²) in [7, 11) is -1.52. The Labute approximate surface area is 264 Å². The Morgan fingerprint density at radius 3 is 1.75 bits per heavy atom. The quantitative estimate of drug-likeness (QED) is 0.291. The van der Waals surface area contributed by atoms with E-state index in [0.717, 1.165) is 70.9 Å². The molecule has 12 heteroatoms. The normalized spacial score (nSPS) is 18.8. The van der Waals surface area contributed by atoms with Gasteiger partial charge in [-0.1, -0.05) is 87.1 Å². The van der Waals surface area contributed by atoms with Crippen molar-refractivity contribution in [3.63, 3.8) is 0 Å². The van der Waals surface area contributed by atoms with Crippen LogP contribution in [-0.2, 0) is 27.2 Å². The largest absolute Gasteiger partial charge is 0.370 e. The molecule has 0 amide bonds. The summed E-state index contributed by atoms with van der Waals surface area (Å²) >= 11 is 0. The molecule has 246 valence electrons. The van der Waals surface area contributed by atoms with E-state index in [1.54, 1.807) is 0 Å². The Hall–Kier alpha value is -2.32. The molecule has 2 aliphatic carbocycles. The highest BCUT2D eigenvalue weighted by Crippen LogP contribution is 2.37. The first kappa shape index (κ1) is 36.2. The van der Waals surface area contributed by atoms with Crippen LogP contribution in [0.1, 0.15) is 87.3 Å². The van der Waals surface area contributed by atoms with Crippen LogP contribution in [0.25, 0.3) is 5.57 Å². The molecule has 0 atom stereocenters. The minimum atomic E-state index is -3.97. The maximum atomic E-state index is 10.3. The van der Waals surface area contributed by atoms with Crippen molar-refractivity contribution in [2.75, 3.05) is 32.6 Å². The summed E-state index contributed by atoms with van der Waals surface area (Å²) in [5.41, 5.74) is 6.80. The van der Waals surface area contributed by atoms with E-state index in [0.29, 0.717) is 0 Å². The van der Waals surface area contributed by atoms with E-state index < -0.39 is 20.6 Å². The molecule has 2 fully saturated rings. The first-order valence-electron chi connectivity index (χ1n) is 15.6. The van der Waals surface area contributed by atoms with Gasteiger partial charge in [0.05, 0.1) is 0 Å². The van der Waals surface area contributed by atoms with E-state index in [-0.39, 0.29) is 12.1 Å². The van der Waals surface area contributed by atoms with Crippen molar-refractivity contribution in [1.29, 1.82) is 0 Å². The van der Waals surface area contributed by atoms with E-state index in [2.05, 4.69) is 95.0 Å². The number of para-hydroxylation sites is 1. The van der Waals surface area contributed by atoms with Crippen LogP contribution < -0.4 is 14.3 Å². The number of nitrogens with zero attached hydrogens (tertiary/aromatic N) is 2. The van der Waals surface area contributed by atoms with Crippen LogP contribution in [0.5, 0.6) is 0 Å². The van der Waals surface area contributed by atoms with E-state index in [1.165, 1.54) is 40.8 Å². The van der Waals surface area contributed by atoms with Gasteiger partial charge in [-0.2, -0.15) is 26.3 Å². The molecule has 10 nitrogen and oxygen atoms in total. The summed E-state index contributed by atoms with van der Waals surface area (Å²) in [6.45, 7) is 2.03. The molecule has 44 heavy (non-hydrogen) atoms. The number of fused-ring (bicyclic) bond motifs is 2. The fraction of sp³-hybridized carbons (Fsp3) is 0.562. The van der Waals surface area contributed by atoms with Gasteiger partial charge in [-0.05, 0) is 69.0 Å². The number of hydrogen-bond acceptors (Lipinski definition) is 6. The van der Waals surface area contributed by atoms with Crippen molar-refractivity contribution in [1.82, 2.24) is 14.3 Å². The summed E-state index contributed by atoms with van der Waals surface area (Å²) in [6.07, 6.45) is 13.4. The second kappa shape index (κ2) is 17.4. The zero-order valence-electron chi connectivity index (χ0n) is 26.3. The second-order valence-electron chi connectivity index (χ2n) is 12.1. The molecule has 0 unspecified atom stereocenters. The van der Waals surface area contributed by atoms with Gasteiger partial charge in [0.1, 0.15) is 0 Å². The minimum absolute atomic E-state index is 0.0428. The molecular weight excluding hydrogens is 601 g/mol. The van der Waals surface area contributed by atoms with Crippen LogP contribution in [0.3, 0.4) is 0 Å². The third-order valence-electron chi connectivity index (χ3n) is 8.09. The predicted octanol–water partition coefficient (Wildman–Crippen LogP) is 5.44. The lowest BCUT2D eigenvalue weighted by Gasteiger charge is -2.20. The highest BCUT2D eigenvalue weighted by atomic mass is 32.2. The molecule has 0 radical (unpaired) electrons. The monoisotopic (exact) mass is 650 g/mol. The van der Waals surface area contributed by atoms with Crippen LogP contribution in [-0.4, -0.2) is 70.6 Å². The Bertz CT molecular complexity index is 1370. The third kappa shape index (κ3) is 13.0. The van der Waals surface area contributed by atoms with Gasteiger partial charge in [-0.15, -0.1) is 0 Å². The number of nitrogens with one attached hydrogen (secondary N) is 2. The number of rotatable bonds is 7. The number of anilines is 1. The van der Waals surface area contributed by atoms with Crippen LogP contribution in [0.15, 0.2) is 54.6 Å². The fourth-order valence-electron chi connectivity index (χ4n) is 5.99. The Morgan fingerprint density at radius 2 is 1.25 bits per heavy atom. The van der Waals surface area contributed by atoms with Gasteiger partial charge in [-0.3, -0.25) is 9.11 Å². The lowest BCUT2D eigenvalue weighted by atomic mass is 9.93. The summed E-state index contributed by atoms with van der Waals surface area (Å²) < 4.78 is 62.6. The zero-order valence-corrected chi connectivity index (χ0v) is 27.9. The molecule has 5 rings (SSSR count). The van der Waals surface area contributed by atoms with Crippen LogP contribution in [0, 0.1) is 0 Å². The molecule has 2 aromatic rings. The molecule has 2 saturated carbocycles. The molecule has 1 aliphatic heterocycles. The van der Waals surface area contributed by atoms with Crippen LogP contribution >= 0.6 is 0 Å². The first-order chi connectivity index (χ1) is 20.8. The minimum Gasteiger partial charge on any atom is -0.370 e. The lowest BCUT2D eigenvalue weighted by Crippen LogP contribution is -2.35. The summed E-state index contributed by atoms with van der Waals surface area (Å²) in [4.78, 5) is 4.58. The van der Waals surface area contributed by atoms with Gasteiger partial charge in [0.2, 0.25) is 0 Å². The van der Waals surface area contributed by atoms with Crippen molar-refractivity contribution < 1.29 is 25.9 Å². The van der Waals surface area contributed by atoms with Gasteiger partial charge in [0.25, 0.3) is 0 Å². The third-order valence-corrected chi connectivity index (χ3v) is 9.35. The van der Waals surface area contributed by atoms with Crippen molar-refractivity contribution in [3.8, 4) is 0 Å². The van der Waals surface area contributed by atoms with Crippen LogP contribution in [0.4, 0.5) is 5.69 Å². The van der Waals surface area contributed by atoms with Crippen molar-refractivity contribution in [2.45, 2.75) is 89.3 Å². The summed E-state index contributed by atoms with van der Waals surface area (Å²) in [5, 5.41) is 0. The lowest BCUT2D eigenvalue weighted by molar-refractivity contribution is 0.388. The molecule has 2 aromatic carbocycles. The predicted molar refractivity (Wildman–Crippen MR) is 178 cm³/mol. The zero-order chi connectivity index (χ0) is 32.2. The Balaban J connectivity index is 0.000000202. The van der Waals surface area contributed by atoms with Crippen LogP contribution in [0.2, 0.25) is 0 Å². The van der Waals surface area contributed by atoms with Gasteiger partial charge in [0.15, 0.2) is 0 Å². The molecule has 0 bridgehead atoms. The highest BCUT2D eigenvalue weighted by Gasteiger charge is 2.20. The van der Waals surface area contributed by atoms with Crippen molar-refractivity contribution in [3.05, 3.63) is 71.3 Å². The molecule has 0 saturated heterocycles. The average Bonchev–Trinajstić information content (AvgIpc) is 3.07. The van der Waals surface area contributed by atoms with Gasteiger partial charge in [0, 0.05) is 43.5 Å². The molecule has 4 N–H and O–H groups in total.